The molecule has 1 unspecified atom stereocenters. The monoisotopic (exact) mass is 452 g/mol. The molecule has 2 heterocycles. The molecule has 31 heavy (non-hydrogen) atoms. The SMILES string of the molecule is Cc1cc(C)nc(NC2=C(N=N)C(C)N(C(=O)c3cccc(C(F)(F)F)c3Cl)CC2)n1. The fourth-order valence-electron chi connectivity index (χ4n) is 3.51. The zero-order valence-corrected chi connectivity index (χ0v) is 17.8. The molecule has 1 aliphatic rings. The van der Waals surface area contributed by atoms with Gasteiger partial charge in [-0.15, -0.1) is 0 Å². The van der Waals surface area contributed by atoms with E-state index in [0.29, 0.717) is 18.1 Å². The second-order valence-corrected chi connectivity index (χ2v) is 7.54. The molecule has 0 fully saturated rings. The second kappa shape index (κ2) is 8.62. The number of hydrogen-bond acceptors (Lipinski definition) is 6. The van der Waals surface area contributed by atoms with E-state index in [-0.39, 0.29) is 17.8 Å². The average Bonchev–Trinajstić information content (AvgIpc) is 2.66. The molecule has 1 aliphatic heterocycles. The Balaban J connectivity index is 1.91. The number of nitrogens with zero attached hydrogens (tertiary/aromatic N) is 4. The number of aromatic nitrogens is 2. The minimum atomic E-state index is -4.68. The van der Waals surface area contributed by atoms with Crippen molar-refractivity contribution >= 4 is 23.5 Å². The number of amides is 1. The predicted octanol–water partition coefficient (Wildman–Crippen LogP) is 5.35. The molecule has 0 bridgehead atoms. The van der Waals surface area contributed by atoms with Crippen molar-refractivity contribution in [3.63, 3.8) is 0 Å². The number of halogens is 4. The lowest BCUT2D eigenvalue weighted by molar-refractivity contribution is -0.137. The molecular formula is C20H20ClF3N6O. The van der Waals surface area contributed by atoms with Crippen molar-refractivity contribution in [2.45, 2.75) is 39.4 Å². The number of rotatable bonds is 4. The molecule has 0 saturated carbocycles. The number of nitrogens with one attached hydrogen (secondary N) is 2. The van der Waals surface area contributed by atoms with Crippen molar-refractivity contribution < 1.29 is 18.0 Å². The van der Waals surface area contributed by atoms with Crippen LogP contribution in [0.25, 0.3) is 0 Å². The molecule has 1 atom stereocenters. The number of alkyl halides is 3. The third kappa shape index (κ3) is 4.68. The highest BCUT2D eigenvalue weighted by Gasteiger charge is 2.37. The Labute approximate surface area is 181 Å². The van der Waals surface area contributed by atoms with Gasteiger partial charge in [-0.3, -0.25) is 4.79 Å². The molecule has 3 rings (SSSR count). The van der Waals surface area contributed by atoms with Crippen LogP contribution in [0.15, 0.2) is 40.8 Å². The normalized spacial score (nSPS) is 17.0. The van der Waals surface area contributed by atoms with E-state index in [2.05, 4.69) is 20.4 Å². The minimum absolute atomic E-state index is 0.193. The first-order chi connectivity index (χ1) is 14.5. The summed E-state index contributed by atoms with van der Waals surface area (Å²) < 4.78 is 39.5. The first kappa shape index (κ1) is 22.7. The topological polar surface area (TPSA) is 94.3 Å². The van der Waals surface area contributed by atoms with Crippen molar-refractivity contribution in [2.24, 2.45) is 5.11 Å². The van der Waals surface area contributed by atoms with E-state index in [1.807, 2.05) is 19.9 Å². The molecule has 0 saturated heterocycles. The molecule has 1 amide bonds. The Morgan fingerprint density at radius 3 is 2.52 bits per heavy atom. The number of carbonyl (C=O) groups is 1. The third-order valence-corrected chi connectivity index (χ3v) is 5.34. The third-order valence-electron chi connectivity index (χ3n) is 4.94. The maximum atomic E-state index is 13.2. The molecule has 2 N–H and O–H groups in total. The zero-order chi connectivity index (χ0) is 22.9. The van der Waals surface area contributed by atoms with E-state index in [1.165, 1.54) is 11.0 Å². The van der Waals surface area contributed by atoms with Crippen LogP contribution in [0.1, 0.15) is 40.7 Å². The lowest BCUT2D eigenvalue weighted by atomic mass is 10.0. The van der Waals surface area contributed by atoms with Gasteiger partial charge in [-0.2, -0.15) is 18.3 Å². The highest BCUT2D eigenvalue weighted by Crippen LogP contribution is 2.37. The van der Waals surface area contributed by atoms with Gasteiger partial charge in [-0.25, -0.2) is 15.5 Å². The molecule has 11 heteroatoms. The highest BCUT2D eigenvalue weighted by molar-refractivity contribution is 6.34. The Hall–Kier alpha value is -3.01. The van der Waals surface area contributed by atoms with Crippen LogP contribution < -0.4 is 5.32 Å². The Morgan fingerprint density at radius 1 is 1.29 bits per heavy atom. The summed E-state index contributed by atoms with van der Waals surface area (Å²) in [6.07, 6.45) is -4.38. The Morgan fingerprint density at radius 2 is 1.94 bits per heavy atom. The summed E-state index contributed by atoms with van der Waals surface area (Å²) in [6.45, 7) is 5.49. The van der Waals surface area contributed by atoms with Gasteiger partial charge in [0.05, 0.1) is 22.2 Å². The molecule has 0 radical (unpaired) electrons. The van der Waals surface area contributed by atoms with Crippen LogP contribution in [-0.4, -0.2) is 33.4 Å². The van der Waals surface area contributed by atoms with Gasteiger partial charge in [-0.1, -0.05) is 17.7 Å². The van der Waals surface area contributed by atoms with Crippen molar-refractivity contribution in [1.29, 1.82) is 5.53 Å². The van der Waals surface area contributed by atoms with Crippen LogP contribution >= 0.6 is 11.6 Å². The van der Waals surface area contributed by atoms with Gasteiger partial charge in [0.25, 0.3) is 5.91 Å². The summed E-state index contributed by atoms with van der Waals surface area (Å²) in [5.74, 6) is -0.312. The van der Waals surface area contributed by atoms with Crippen LogP contribution in [0.2, 0.25) is 5.02 Å². The number of benzene rings is 1. The van der Waals surface area contributed by atoms with Gasteiger partial charge >= 0.3 is 6.18 Å². The first-order valence-corrected chi connectivity index (χ1v) is 9.77. The smallest absolute Gasteiger partial charge is 0.330 e. The predicted molar refractivity (Wildman–Crippen MR) is 109 cm³/mol. The Kier molecular flexibility index (Phi) is 6.30. The van der Waals surface area contributed by atoms with Crippen LogP contribution in [0.5, 0.6) is 0 Å². The van der Waals surface area contributed by atoms with E-state index in [1.54, 1.807) is 6.92 Å². The van der Waals surface area contributed by atoms with E-state index in [9.17, 15) is 18.0 Å². The average molecular weight is 453 g/mol. The van der Waals surface area contributed by atoms with Crippen molar-refractivity contribution in [2.75, 3.05) is 11.9 Å². The largest absolute Gasteiger partial charge is 0.417 e. The summed E-state index contributed by atoms with van der Waals surface area (Å²) in [5.41, 5.74) is 8.63. The number of anilines is 1. The summed E-state index contributed by atoms with van der Waals surface area (Å²) in [7, 11) is 0. The standard InChI is InChI=1S/C20H20ClF3N6O/c1-10-9-11(2)27-19(26-10)28-15-7-8-30(12(3)17(15)29-25)18(31)13-5-4-6-14(16(13)21)20(22,23)24/h4-6,9,12,25H,7-8H2,1-3H3,(H,26,27,28). The van der Waals surface area contributed by atoms with E-state index in [0.717, 1.165) is 23.5 Å². The second-order valence-electron chi connectivity index (χ2n) is 7.16. The number of hydrogen-bond donors (Lipinski definition) is 2. The van der Waals surface area contributed by atoms with Crippen molar-refractivity contribution in [1.82, 2.24) is 14.9 Å². The minimum Gasteiger partial charge on any atom is -0.330 e. The van der Waals surface area contributed by atoms with Crippen LogP contribution in [-0.2, 0) is 6.18 Å². The fourth-order valence-corrected chi connectivity index (χ4v) is 3.82. The highest BCUT2D eigenvalue weighted by atomic mass is 35.5. The van der Waals surface area contributed by atoms with Gasteiger partial charge in [0.15, 0.2) is 0 Å². The van der Waals surface area contributed by atoms with Gasteiger partial charge in [0.1, 0.15) is 5.70 Å². The molecule has 164 valence electrons. The van der Waals surface area contributed by atoms with Crippen LogP contribution in [0.4, 0.5) is 19.1 Å². The van der Waals surface area contributed by atoms with Crippen LogP contribution in [0.3, 0.4) is 0 Å². The van der Waals surface area contributed by atoms with Crippen molar-refractivity contribution in [3.05, 3.63) is 63.2 Å². The fraction of sp³-hybridized carbons (Fsp3) is 0.350. The molecular weight excluding hydrogens is 433 g/mol. The lowest BCUT2D eigenvalue weighted by Crippen LogP contribution is -2.44. The lowest BCUT2D eigenvalue weighted by Gasteiger charge is -2.35. The summed E-state index contributed by atoms with van der Waals surface area (Å²) >= 11 is 5.92. The molecule has 7 nitrogen and oxygen atoms in total. The zero-order valence-electron chi connectivity index (χ0n) is 17.0. The molecule has 0 spiro atoms. The van der Waals surface area contributed by atoms with Gasteiger partial charge in [0.2, 0.25) is 5.95 Å². The Bertz CT molecular complexity index is 1050. The molecule has 1 aromatic carbocycles. The van der Waals surface area contributed by atoms with E-state index >= 15 is 0 Å². The maximum Gasteiger partial charge on any atom is 0.417 e. The molecule has 0 aliphatic carbocycles. The molecule has 1 aromatic heterocycles. The quantitative estimate of drug-likeness (QED) is 0.611. The van der Waals surface area contributed by atoms with Gasteiger partial charge in [0, 0.05) is 30.1 Å². The summed E-state index contributed by atoms with van der Waals surface area (Å²) in [4.78, 5) is 23.0. The number of carbonyl (C=O) groups excluding carboxylic acids is 1. The maximum absolute atomic E-state index is 13.2. The van der Waals surface area contributed by atoms with Crippen molar-refractivity contribution in [3.8, 4) is 0 Å². The summed E-state index contributed by atoms with van der Waals surface area (Å²) in [5, 5.41) is 5.98. The van der Waals surface area contributed by atoms with E-state index in [4.69, 9.17) is 17.1 Å². The van der Waals surface area contributed by atoms with Gasteiger partial charge < -0.3 is 10.2 Å². The molecule has 2 aromatic rings. The first-order valence-electron chi connectivity index (χ1n) is 9.39. The van der Waals surface area contributed by atoms with Gasteiger partial charge in [-0.05, 0) is 39.0 Å². The number of aryl methyl sites for hydroxylation is 2. The van der Waals surface area contributed by atoms with E-state index < -0.39 is 28.7 Å². The summed E-state index contributed by atoms with van der Waals surface area (Å²) in [6, 6.07) is 4.38. The van der Waals surface area contributed by atoms with Crippen LogP contribution in [0, 0.1) is 19.4 Å².